The van der Waals surface area contributed by atoms with Crippen molar-refractivity contribution in [3.8, 4) is 11.5 Å². The van der Waals surface area contributed by atoms with E-state index < -0.39 is 12.0 Å². The van der Waals surface area contributed by atoms with Gasteiger partial charge in [-0.1, -0.05) is 6.07 Å². The first-order valence-corrected chi connectivity index (χ1v) is 7.05. The minimum absolute atomic E-state index is 0.342. The van der Waals surface area contributed by atoms with Crippen LogP contribution in [-0.2, 0) is 4.74 Å². The van der Waals surface area contributed by atoms with E-state index in [1.165, 1.54) is 27.4 Å². The Bertz CT molecular complexity index is 746. The first-order chi connectivity index (χ1) is 11.6. The number of hydrogen-bond acceptors (Lipinski definition) is 5. The Kier molecular flexibility index (Phi) is 5.62. The molecule has 2 rings (SSSR count). The highest BCUT2D eigenvalue weighted by molar-refractivity contribution is 6.01. The Morgan fingerprint density at radius 2 is 1.71 bits per heavy atom. The summed E-state index contributed by atoms with van der Waals surface area (Å²) < 4.78 is 15.0. The topological polar surface area (TPSA) is 85.9 Å². The molecular weight excluding hydrogens is 312 g/mol. The summed E-state index contributed by atoms with van der Waals surface area (Å²) in [6.07, 6.45) is 0. The number of nitrogens with one attached hydrogen (secondary N) is 2. The van der Waals surface area contributed by atoms with Crippen LogP contribution in [0.3, 0.4) is 0 Å². The fourth-order valence-electron chi connectivity index (χ4n) is 2.04. The second-order valence-corrected chi connectivity index (χ2v) is 4.72. The SMILES string of the molecule is COC(=O)c1cccc(NC(=O)Nc2cc(OC)ccc2OC)c1. The predicted octanol–water partition coefficient (Wildman–Crippen LogP) is 3.13. The van der Waals surface area contributed by atoms with E-state index in [0.717, 1.165) is 0 Å². The number of carbonyl (C=O) groups excluding carboxylic acids is 2. The standard InChI is InChI=1S/C17H18N2O5/c1-22-13-7-8-15(23-2)14(10-13)19-17(21)18-12-6-4-5-11(9-12)16(20)24-3/h4-10H,1-3H3,(H2,18,19,21). The molecule has 2 aromatic rings. The van der Waals surface area contributed by atoms with Crippen LogP contribution in [0, 0.1) is 0 Å². The Morgan fingerprint density at radius 3 is 2.38 bits per heavy atom. The molecule has 7 nitrogen and oxygen atoms in total. The molecule has 0 aliphatic carbocycles. The lowest BCUT2D eigenvalue weighted by atomic mass is 10.2. The number of amides is 2. The summed E-state index contributed by atoms with van der Waals surface area (Å²) in [7, 11) is 4.33. The second kappa shape index (κ2) is 7.87. The van der Waals surface area contributed by atoms with E-state index in [1.807, 2.05) is 0 Å². The number of methoxy groups -OCH3 is 3. The maximum atomic E-state index is 12.2. The van der Waals surface area contributed by atoms with Crippen molar-refractivity contribution in [1.82, 2.24) is 0 Å². The third-order valence-electron chi connectivity index (χ3n) is 3.20. The molecule has 0 aliphatic rings. The van der Waals surface area contributed by atoms with E-state index in [2.05, 4.69) is 15.4 Å². The highest BCUT2D eigenvalue weighted by Crippen LogP contribution is 2.29. The molecule has 0 saturated carbocycles. The quantitative estimate of drug-likeness (QED) is 0.823. The molecule has 0 bridgehead atoms. The van der Waals surface area contributed by atoms with Crippen molar-refractivity contribution in [2.24, 2.45) is 0 Å². The highest BCUT2D eigenvalue weighted by atomic mass is 16.5. The molecule has 126 valence electrons. The number of rotatable bonds is 5. The summed E-state index contributed by atoms with van der Waals surface area (Å²) in [6, 6.07) is 11.0. The van der Waals surface area contributed by atoms with Crippen molar-refractivity contribution in [3.63, 3.8) is 0 Å². The van der Waals surface area contributed by atoms with Crippen LogP contribution >= 0.6 is 0 Å². The van der Waals surface area contributed by atoms with Crippen molar-refractivity contribution < 1.29 is 23.8 Å². The number of esters is 1. The van der Waals surface area contributed by atoms with E-state index in [0.29, 0.717) is 28.4 Å². The average Bonchev–Trinajstić information content (AvgIpc) is 2.61. The normalized spacial score (nSPS) is 9.79. The lowest BCUT2D eigenvalue weighted by Gasteiger charge is -2.12. The number of urea groups is 1. The molecule has 0 aliphatic heterocycles. The van der Waals surface area contributed by atoms with Gasteiger partial charge in [-0.15, -0.1) is 0 Å². The minimum Gasteiger partial charge on any atom is -0.497 e. The maximum Gasteiger partial charge on any atom is 0.337 e. The maximum absolute atomic E-state index is 12.2. The zero-order chi connectivity index (χ0) is 17.5. The van der Waals surface area contributed by atoms with E-state index in [1.54, 1.807) is 36.4 Å². The van der Waals surface area contributed by atoms with Gasteiger partial charge in [-0.2, -0.15) is 0 Å². The molecule has 7 heteroatoms. The van der Waals surface area contributed by atoms with E-state index in [-0.39, 0.29) is 0 Å². The highest BCUT2D eigenvalue weighted by Gasteiger charge is 2.11. The lowest BCUT2D eigenvalue weighted by Crippen LogP contribution is -2.20. The minimum atomic E-state index is -0.483. The Morgan fingerprint density at radius 1 is 0.917 bits per heavy atom. The number of hydrogen-bond donors (Lipinski definition) is 2. The van der Waals surface area contributed by atoms with Crippen molar-refractivity contribution in [3.05, 3.63) is 48.0 Å². The number of anilines is 2. The smallest absolute Gasteiger partial charge is 0.337 e. The number of carbonyl (C=O) groups is 2. The summed E-state index contributed by atoms with van der Waals surface area (Å²) in [4.78, 5) is 23.7. The number of benzene rings is 2. The van der Waals surface area contributed by atoms with Gasteiger partial charge in [0.05, 0.1) is 32.6 Å². The van der Waals surface area contributed by atoms with Gasteiger partial charge in [0.25, 0.3) is 0 Å². The molecule has 2 amide bonds. The van der Waals surface area contributed by atoms with Gasteiger partial charge in [0.2, 0.25) is 0 Å². The monoisotopic (exact) mass is 330 g/mol. The summed E-state index contributed by atoms with van der Waals surface area (Å²) >= 11 is 0. The van der Waals surface area contributed by atoms with Crippen molar-refractivity contribution >= 4 is 23.4 Å². The molecule has 0 fully saturated rings. The predicted molar refractivity (Wildman–Crippen MR) is 90.0 cm³/mol. The Hall–Kier alpha value is -3.22. The first-order valence-electron chi connectivity index (χ1n) is 7.05. The molecule has 0 spiro atoms. The van der Waals surface area contributed by atoms with Gasteiger partial charge in [-0.05, 0) is 30.3 Å². The number of ether oxygens (including phenoxy) is 3. The van der Waals surface area contributed by atoms with E-state index in [9.17, 15) is 9.59 Å². The Balaban J connectivity index is 2.12. The van der Waals surface area contributed by atoms with Gasteiger partial charge in [0, 0.05) is 11.8 Å². The van der Waals surface area contributed by atoms with Crippen LogP contribution in [0.5, 0.6) is 11.5 Å². The fourth-order valence-corrected chi connectivity index (χ4v) is 2.04. The summed E-state index contributed by atoms with van der Waals surface area (Å²) in [5, 5.41) is 5.32. The summed E-state index contributed by atoms with van der Waals surface area (Å²) in [6.45, 7) is 0. The molecule has 0 radical (unpaired) electrons. The van der Waals surface area contributed by atoms with Gasteiger partial charge in [-0.3, -0.25) is 0 Å². The fraction of sp³-hybridized carbons (Fsp3) is 0.176. The van der Waals surface area contributed by atoms with Gasteiger partial charge < -0.3 is 24.8 Å². The zero-order valence-electron chi connectivity index (χ0n) is 13.6. The Labute approximate surface area is 139 Å². The van der Waals surface area contributed by atoms with E-state index in [4.69, 9.17) is 9.47 Å². The van der Waals surface area contributed by atoms with Crippen LogP contribution < -0.4 is 20.1 Å². The molecule has 0 aromatic heterocycles. The third kappa shape index (κ3) is 4.16. The van der Waals surface area contributed by atoms with Crippen molar-refractivity contribution in [2.75, 3.05) is 32.0 Å². The van der Waals surface area contributed by atoms with Crippen LogP contribution in [0.1, 0.15) is 10.4 Å². The van der Waals surface area contributed by atoms with Gasteiger partial charge >= 0.3 is 12.0 Å². The summed E-state index contributed by atoms with van der Waals surface area (Å²) in [5.41, 5.74) is 1.25. The van der Waals surface area contributed by atoms with Crippen LogP contribution in [0.15, 0.2) is 42.5 Å². The zero-order valence-corrected chi connectivity index (χ0v) is 13.6. The molecule has 2 aromatic carbocycles. The molecular formula is C17H18N2O5. The second-order valence-electron chi connectivity index (χ2n) is 4.72. The van der Waals surface area contributed by atoms with E-state index >= 15 is 0 Å². The van der Waals surface area contributed by atoms with Crippen LogP contribution in [0.25, 0.3) is 0 Å². The van der Waals surface area contributed by atoms with Gasteiger partial charge in [-0.25, -0.2) is 9.59 Å². The summed E-state index contributed by atoms with van der Waals surface area (Å²) in [5.74, 6) is 0.599. The molecule has 2 N–H and O–H groups in total. The molecule has 0 saturated heterocycles. The lowest BCUT2D eigenvalue weighted by molar-refractivity contribution is 0.0600. The van der Waals surface area contributed by atoms with Crippen molar-refractivity contribution in [1.29, 1.82) is 0 Å². The van der Waals surface area contributed by atoms with Crippen LogP contribution in [-0.4, -0.2) is 33.3 Å². The molecule has 0 unspecified atom stereocenters. The molecule has 0 heterocycles. The van der Waals surface area contributed by atoms with Crippen molar-refractivity contribution in [2.45, 2.75) is 0 Å². The average molecular weight is 330 g/mol. The molecule has 0 atom stereocenters. The first kappa shape index (κ1) is 17.1. The molecule has 24 heavy (non-hydrogen) atoms. The van der Waals surface area contributed by atoms with Crippen LogP contribution in [0.2, 0.25) is 0 Å². The van der Waals surface area contributed by atoms with Gasteiger partial charge in [0.1, 0.15) is 11.5 Å². The van der Waals surface area contributed by atoms with Crippen LogP contribution in [0.4, 0.5) is 16.2 Å². The largest absolute Gasteiger partial charge is 0.497 e. The third-order valence-corrected chi connectivity index (χ3v) is 3.20. The van der Waals surface area contributed by atoms with Gasteiger partial charge in [0.15, 0.2) is 0 Å².